The van der Waals surface area contributed by atoms with Crippen molar-refractivity contribution in [1.29, 1.82) is 0 Å². The smallest absolute Gasteiger partial charge is 0.303 e. The third-order valence-corrected chi connectivity index (χ3v) is 2.51. The first-order chi connectivity index (χ1) is 7.56. The first-order valence-corrected chi connectivity index (χ1v) is 5.20. The number of halogens is 1. The predicted octanol–water partition coefficient (Wildman–Crippen LogP) is 2.46. The van der Waals surface area contributed by atoms with E-state index in [1.807, 2.05) is 0 Å². The molecular formula is C11H13ClO4. The van der Waals surface area contributed by atoms with Crippen molar-refractivity contribution in [2.24, 2.45) is 0 Å². The van der Waals surface area contributed by atoms with Gasteiger partial charge in [-0.15, -0.1) is 0 Å². The van der Waals surface area contributed by atoms with Crippen LogP contribution < -0.4 is 4.74 Å². The zero-order chi connectivity index (χ0) is 12.1. The summed E-state index contributed by atoms with van der Waals surface area (Å²) in [6.45, 7) is 0. The number of benzene rings is 1. The van der Waals surface area contributed by atoms with E-state index in [1.165, 1.54) is 19.2 Å². The molecule has 5 heteroatoms. The van der Waals surface area contributed by atoms with Crippen molar-refractivity contribution in [2.45, 2.75) is 19.3 Å². The number of ether oxygens (including phenoxy) is 1. The normalized spacial score (nSPS) is 10.1. The number of carbonyl (C=O) groups is 1. The van der Waals surface area contributed by atoms with E-state index in [4.69, 9.17) is 21.4 Å². The van der Waals surface area contributed by atoms with Crippen molar-refractivity contribution in [3.63, 3.8) is 0 Å². The summed E-state index contributed by atoms with van der Waals surface area (Å²) in [5.74, 6) is -0.376. The lowest BCUT2D eigenvalue weighted by Crippen LogP contribution is -1.98. The summed E-state index contributed by atoms with van der Waals surface area (Å²) in [6.07, 6.45) is 0.899. The number of phenolic OH excluding ortho intramolecular Hbond substituents is 1. The molecule has 0 bridgehead atoms. The number of aliphatic carboxylic acids is 1. The van der Waals surface area contributed by atoms with E-state index in [0.717, 1.165) is 0 Å². The highest BCUT2D eigenvalue weighted by molar-refractivity contribution is 6.32. The second-order valence-corrected chi connectivity index (χ2v) is 3.73. The van der Waals surface area contributed by atoms with Crippen LogP contribution in [0.2, 0.25) is 5.02 Å². The lowest BCUT2D eigenvalue weighted by molar-refractivity contribution is -0.137. The molecular weight excluding hydrogens is 232 g/mol. The van der Waals surface area contributed by atoms with Gasteiger partial charge >= 0.3 is 5.97 Å². The molecule has 0 amide bonds. The van der Waals surface area contributed by atoms with Crippen molar-refractivity contribution in [3.05, 3.63) is 22.7 Å². The number of hydrogen-bond donors (Lipinski definition) is 2. The molecule has 0 radical (unpaired) electrons. The molecule has 0 aromatic heterocycles. The van der Waals surface area contributed by atoms with Crippen LogP contribution >= 0.6 is 11.6 Å². The van der Waals surface area contributed by atoms with Crippen LogP contribution in [-0.2, 0) is 11.2 Å². The molecule has 4 nitrogen and oxygen atoms in total. The van der Waals surface area contributed by atoms with Crippen LogP contribution in [-0.4, -0.2) is 23.3 Å². The van der Waals surface area contributed by atoms with E-state index in [-0.39, 0.29) is 12.2 Å². The van der Waals surface area contributed by atoms with E-state index in [1.54, 1.807) is 0 Å². The quantitative estimate of drug-likeness (QED) is 0.835. The molecule has 0 fully saturated rings. The molecule has 1 aromatic rings. The van der Waals surface area contributed by atoms with E-state index in [2.05, 4.69) is 0 Å². The Bertz CT molecular complexity index is 390. The highest BCUT2D eigenvalue weighted by Crippen LogP contribution is 2.35. The molecule has 0 spiro atoms. The number of carboxylic acids is 1. The van der Waals surface area contributed by atoms with E-state index >= 15 is 0 Å². The molecule has 2 N–H and O–H groups in total. The molecule has 88 valence electrons. The van der Waals surface area contributed by atoms with Crippen molar-refractivity contribution < 1.29 is 19.7 Å². The fourth-order valence-electron chi connectivity index (χ4n) is 1.47. The first-order valence-electron chi connectivity index (χ1n) is 4.82. The predicted molar refractivity (Wildman–Crippen MR) is 60.2 cm³/mol. The number of aromatic hydroxyl groups is 1. The number of methoxy groups -OCH3 is 1. The maximum Gasteiger partial charge on any atom is 0.303 e. The minimum atomic E-state index is -0.861. The summed E-state index contributed by atoms with van der Waals surface area (Å²) in [6, 6.07) is 3.01. The van der Waals surface area contributed by atoms with E-state index in [0.29, 0.717) is 29.2 Å². The Kier molecular flexibility index (Phi) is 4.43. The van der Waals surface area contributed by atoms with Gasteiger partial charge in [0.05, 0.1) is 12.1 Å². The Balaban J connectivity index is 2.84. The van der Waals surface area contributed by atoms with Crippen LogP contribution in [0, 0.1) is 0 Å². The Morgan fingerprint density at radius 3 is 2.75 bits per heavy atom. The molecule has 1 aromatic carbocycles. The van der Waals surface area contributed by atoms with Crippen molar-refractivity contribution in [3.8, 4) is 11.5 Å². The molecule has 0 aliphatic rings. The third-order valence-electron chi connectivity index (χ3n) is 2.21. The monoisotopic (exact) mass is 244 g/mol. The van der Waals surface area contributed by atoms with Gasteiger partial charge in [0.1, 0.15) is 11.5 Å². The Hall–Kier alpha value is -1.42. The van der Waals surface area contributed by atoms with Gasteiger partial charge < -0.3 is 14.9 Å². The van der Waals surface area contributed by atoms with Gasteiger partial charge in [0.25, 0.3) is 0 Å². The molecule has 16 heavy (non-hydrogen) atoms. The maximum atomic E-state index is 10.4. The molecule has 0 heterocycles. The zero-order valence-corrected chi connectivity index (χ0v) is 9.62. The molecule has 0 atom stereocenters. The average molecular weight is 245 g/mol. The third kappa shape index (κ3) is 3.03. The standard InChI is InChI=1S/C11H13ClO4/c1-16-11-7(3-2-4-10(14)15)9(13)6-5-8(11)12/h5-6,13H,2-4H2,1H3,(H,14,15). The van der Waals surface area contributed by atoms with Crippen LogP contribution in [0.1, 0.15) is 18.4 Å². The van der Waals surface area contributed by atoms with Crippen LogP contribution in [0.15, 0.2) is 12.1 Å². The second kappa shape index (κ2) is 5.61. The fraction of sp³-hybridized carbons (Fsp3) is 0.364. The van der Waals surface area contributed by atoms with Crippen LogP contribution in [0.4, 0.5) is 0 Å². The first kappa shape index (κ1) is 12.6. The SMILES string of the molecule is COc1c(Cl)ccc(O)c1CCCC(=O)O. The minimum Gasteiger partial charge on any atom is -0.508 e. The van der Waals surface area contributed by atoms with Gasteiger partial charge in [0.15, 0.2) is 0 Å². The summed E-state index contributed by atoms with van der Waals surface area (Å²) < 4.78 is 5.08. The van der Waals surface area contributed by atoms with Gasteiger partial charge in [-0.1, -0.05) is 11.6 Å². The number of phenols is 1. The van der Waals surface area contributed by atoms with Gasteiger partial charge in [-0.2, -0.15) is 0 Å². The lowest BCUT2D eigenvalue weighted by Gasteiger charge is -2.11. The van der Waals surface area contributed by atoms with Gasteiger partial charge in [-0.3, -0.25) is 4.79 Å². The highest BCUT2D eigenvalue weighted by Gasteiger charge is 2.12. The van der Waals surface area contributed by atoms with Crippen LogP contribution in [0.25, 0.3) is 0 Å². The Labute approximate surface area is 98.4 Å². The van der Waals surface area contributed by atoms with Gasteiger partial charge in [0.2, 0.25) is 0 Å². The van der Waals surface area contributed by atoms with Crippen molar-refractivity contribution >= 4 is 17.6 Å². The van der Waals surface area contributed by atoms with Gasteiger partial charge in [0, 0.05) is 12.0 Å². The molecule has 0 saturated heterocycles. The summed E-state index contributed by atoms with van der Waals surface area (Å²) >= 11 is 5.89. The largest absolute Gasteiger partial charge is 0.508 e. The van der Waals surface area contributed by atoms with E-state index < -0.39 is 5.97 Å². The Morgan fingerprint density at radius 1 is 1.50 bits per heavy atom. The Morgan fingerprint density at radius 2 is 2.19 bits per heavy atom. The van der Waals surface area contributed by atoms with Gasteiger partial charge in [-0.05, 0) is 25.0 Å². The second-order valence-electron chi connectivity index (χ2n) is 3.33. The van der Waals surface area contributed by atoms with Gasteiger partial charge in [-0.25, -0.2) is 0 Å². The molecule has 0 saturated carbocycles. The number of rotatable bonds is 5. The summed E-state index contributed by atoms with van der Waals surface area (Å²) in [5.41, 5.74) is 0.552. The minimum absolute atomic E-state index is 0.0507. The van der Waals surface area contributed by atoms with Crippen molar-refractivity contribution in [1.82, 2.24) is 0 Å². The number of carboxylic acid groups (broad SMARTS) is 1. The van der Waals surface area contributed by atoms with Crippen LogP contribution in [0.5, 0.6) is 11.5 Å². The lowest BCUT2D eigenvalue weighted by atomic mass is 10.1. The van der Waals surface area contributed by atoms with Crippen molar-refractivity contribution in [2.75, 3.05) is 7.11 Å². The zero-order valence-electron chi connectivity index (χ0n) is 8.86. The molecule has 0 unspecified atom stereocenters. The molecule has 0 aliphatic heterocycles. The van der Waals surface area contributed by atoms with Crippen LogP contribution in [0.3, 0.4) is 0 Å². The summed E-state index contributed by atoms with van der Waals surface area (Å²) in [5, 5.41) is 18.6. The summed E-state index contributed by atoms with van der Waals surface area (Å²) in [4.78, 5) is 10.4. The summed E-state index contributed by atoms with van der Waals surface area (Å²) in [7, 11) is 1.46. The molecule has 0 aliphatic carbocycles. The fourth-order valence-corrected chi connectivity index (χ4v) is 1.72. The highest BCUT2D eigenvalue weighted by atomic mass is 35.5. The van der Waals surface area contributed by atoms with E-state index in [9.17, 15) is 9.90 Å². The average Bonchev–Trinajstić information content (AvgIpc) is 2.23. The topological polar surface area (TPSA) is 66.8 Å². The molecule has 1 rings (SSSR count). The maximum absolute atomic E-state index is 10.4. The number of hydrogen-bond acceptors (Lipinski definition) is 3.